The molecule has 2 aromatic heterocycles. The lowest BCUT2D eigenvalue weighted by Gasteiger charge is -2.17. The number of amides is 1. The van der Waals surface area contributed by atoms with Gasteiger partial charge in [0.1, 0.15) is 5.82 Å². The van der Waals surface area contributed by atoms with Crippen molar-refractivity contribution in [2.45, 2.75) is 20.0 Å². The molecule has 0 aliphatic heterocycles. The Kier molecular flexibility index (Phi) is 5.19. The maximum Gasteiger partial charge on any atom is 0.419 e. The zero-order valence-corrected chi connectivity index (χ0v) is 15.9. The van der Waals surface area contributed by atoms with Crippen LogP contribution in [0.1, 0.15) is 27.3 Å². The molecule has 1 aromatic carbocycles. The van der Waals surface area contributed by atoms with Gasteiger partial charge in [-0.2, -0.15) is 18.3 Å². The molecule has 3 rings (SSSR count). The second-order valence-corrected chi connectivity index (χ2v) is 6.44. The van der Waals surface area contributed by atoms with Gasteiger partial charge in [-0.25, -0.2) is 4.98 Å². The monoisotopic (exact) mass is 404 g/mol. The van der Waals surface area contributed by atoms with E-state index < -0.39 is 17.6 Å². The van der Waals surface area contributed by atoms with Crippen LogP contribution in [-0.4, -0.2) is 20.7 Å². The molecule has 152 valence electrons. The highest BCUT2D eigenvalue weighted by Crippen LogP contribution is 2.37. The third-order valence-electron chi connectivity index (χ3n) is 4.43. The quantitative estimate of drug-likeness (QED) is 0.596. The number of para-hydroxylation sites is 1. The molecule has 0 aliphatic carbocycles. The largest absolute Gasteiger partial charge is 0.419 e. The lowest BCUT2D eigenvalue weighted by atomic mass is 10.1. The topological polar surface area (TPSA) is 97.9 Å². The molecule has 0 saturated carbocycles. The molecule has 0 spiro atoms. The van der Waals surface area contributed by atoms with E-state index in [1.165, 1.54) is 18.2 Å². The van der Waals surface area contributed by atoms with E-state index in [1.807, 2.05) is 6.92 Å². The van der Waals surface area contributed by atoms with Gasteiger partial charge in [0, 0.05) is 19.3 Å². The molecule has 0 aliphatic rings. The molecule has 0 fully saturated rings. The number of nitrogens with zero attached hydrogens (tertiary/aromatic N) is 3. The average molecular weight is 404 g/mol. The van der Waals surface area contributed by atoms with Crippen LogP contribution >= 0.6 is 0 Å². The highest BCUT2D eigenvalue weighted by molar-refractivity contribution is 5.99. The highest BCUT2D eigenvalue weighted by atomic mass is 19.4. The molecule has 29 heavy (non-hydrogen) atoms. The third-order valence-corrected chi connectivity index (χ3v) is 4.43. The maximum absolute atomic E-state index is 13.5. The number of hydrogen-bond donors (Lipinski definition) is 3. The van der Waals surface area contributed by atoms with Crippen LogP contribution < -0.4 is 16.4 Å². The first-order valence-corrected chi connectivity index (χ1v) is 8.58. The van der Waals surface area contributed by atoms with Crippen molar-refractivity contribution in [2.24, 2.45) is 12.8 Å². The summed E-state index contributed by atoms with van der Waals surface area (Å²) in [5.74, 6) is -0.563. The summed E-state index contributed by atoms with van der Waals surface area (Å²) in [5, 5.41) is 9.94. The van der Waals surface area contributed by atoms with E-state index in [0.717, 1.165) is 11.9 Å². The predicted octanol–water partition coefficient (Wildman–Crippen LogP) is 4.04. The van der Waals surface area contributed by atoms with Gasteiger partial charge in [-0.1, -0.05) is 12.1 Å². The van der Waals surface area contributed by atoms with Crippen molar-refractivity contribution < 1.29 is 18.0 Å². The van der Waals surface area contributed by atoms with Crippen LogP contribution in [0, 0.1) is 13.8 Å². The second-order valence-electron chi connectivity index (χ2n) is 6.44. The van der Waals surface area contributed by atoms with Gasteiger partial charge in [0.05, 0.1) is 39.6 Å². The third kappa shape index (κ3) is 4.15. The predicted molar refractivity (Wildman–Crippen MR) is 103 cm³/mol. The minimum atomic E-state index is -4.64. The lowest BCUT2D eigenvalue weighted by molar-refractivity contribution is -0.137. The number of nitrogens with two attached hydrogens (primary N) is 1. The molecule has 0 radical (unpaired) electrons. The van der Waals surface area contributed by atoms with Gasteiger partial charge in [0.25, 0.3) is 5.91 Å². The first kappa shape index (κ1) is 20.2. The van der Waals surface area contributed by atoms with Crippen LogP contribution in [0.15, 0.2) is 36.5 Å². The van der Waals surface area contributed by atoms with Gasteiger partial charge in [0.15, 0.2) is 0 Å². The van der Waals surface area contributed by atoms with Gasteiger partial charge < -0.3 is 16.4 Å². The van der Waals surface area contributed by atoms with Crippen LogP contribution in [0.4, 0.5) is 36.1 Å². The summed E-state index contributed by atoms with van der Waals surface area (Å²) < 4.78 is 42.1. The molecular weight excluding hydrogens is 385 g/mol. The lowest BCUT2D eigenvalue weighted by Crippen LogP contribution is -2.15. The fourth-order valence-corrected chi connectivity index (χ4v) is 2.89. The Balaban J connectivity index is 2.05. The average Bonchev–Trinajstić information content (AvgIpc) is 2.87. The number of benzene rings is 1. The van der Waals surface area contributed by atoms with Crippen LogP contribution in [0.25, 0.3) is 0 Å². The minimum Gasteiger partial charge on any atom is -0.366 e. The molecule has 4 N–H and O–H groups in total. The zero-order chi connectivity index (χ0) is 21.3. The Morgan fingerprint density at radius 3 is 2.41 bits per heavy atom. The summed E-state index contributed by atoms with van der Waals surface area (Å²) in [4.78, 5) is 15.5. The maximum atomic E-state index is 13.5. The van der Waals surface area contributed by atoms with Crippen LogP contribution in [0.5, 0.6) is 0 Å². The van der Waals surface area contributed by atoms with Crippen molar-refractivity contribution in [3.63, 3.8) is 0 Å². The molecule has 0 saturated heterocycles. The Labute approximate surface area is 164 Å². The Hall–Kier alpha value is -3.56. The number of rotatable bonds is 5. The molecule has 0 atom stereocenters. The van der Waals surface area contributed by atoms with E-state index in [-0.39, 0.29) is 22.8 Å². The number of alkyl halides is 3. The number of nitrogens with one attached hydrogen (secondary N) is 2. The van der Waals surface area contributed by atoms with Crippen molar-refractivity contribution >= 4 is 28.8 Å². The Bertz CT molecular complexity index is 1070. The molecule has 7 nitrogen and oxygen atoms in total. The number of halogens is 3. The summed E-state index contributed by atoms with van der Waals surface area (Å²) in [7, 11) is 1.77. The number of primary amides is 1. The minimum absolute atomic E-state index is 0.0749. The molecule has 2 heterocycles. The van der Waals surface area contributed by atoms with E-state index in [1.54, 1.807) is 30.8 Å². The SMILES string of the molecule is Cc1nn(C)c(C)c1Nc1cc(Nc2ccccc2C(N)=O)c(C(F)(F)F)cn1. The first-order chi connectivity index (χ1) is 13.6. The van der Waals surface area contributed by atoms with E-state index >= 15 is 0 Å². The first-order valence-electron chi connectivity index (χ1n) is 8.58. The Morgan fingerprint density at radius 2 is 1.83 bits per heavy atom. The van der Waals surface area contributed by atoms with Gasteiger partial charge in [-0.3, -0.25) is 9.48 Å². The van der Waals surface area contributed by atoms with Gasteiger partial charge in [-0.05, 0) is 26.0 Å². The summed E-state index contributed by atoms with van der Waals surface area (Å²) in [6, 6.07) is 7.30. The summed E-state index contributed by atoms with van der Waals surface area (Å²) >= 11 is 0. The van der Waals surface area contributed by atoms with Gasteiger partial charge >= 0.3 is 6.18 Å². The molecule has 3 aromatic rings. The number of aromatic nitrogens is 3. The summed E-state index contributed by atoms with van der Waals surface area (Å²) in [5.41, 5.74) is 6.47. The summed E-state index contributed by atoms with van der Waals surface area (Å²) in [6.45, 7) is 3.61. The van der Waals surface area contributed by atoms with E-state index in [0.29, 0.717) is 11.4 Å². The normalized spacial score (nSPS) is 11.4. The number of hydrogen-bond acceptors (Lipinski definition) is 5. The van der Waals surface area contributed by atoms with Crippen LogP contribution in [0.2, 0.25) is 0 Å². The van der Waals surface area contributed by atoms with E-state index in [4.69, 9.17) is 5.73 Å². The summed E-state index contributed by atoms with van der Waals surface area (Å²) in [6.07, 6.45) is -3.91. The van der Waals surface area contributed by atoms with Crippen LogP contribution in [-0.2, 0) is 13.2 Å². The van der Waals surface area contributed by atoms with E-state index in [9.17, 15) is 18.0 Å². The number of pyridine rings is 1. The number of aryl methyl sites for hydroxylation is 2. The molecule has 1 amide bonds. The fraction of sp³-hybridized carbons (Fsp3) is 0.211. The molecular formula is C19H19F3N6O. The van der Waals surface area contributed by atoms with Crippen LogP contribution in [0.3, 0.4) is 0 Å². The highest BCUT2D eigenvalue weighted by Gasteiger charge is 2.34. The van der Waals surface area contributed by atoms with Gasteiger partial charge in [-0.15, -0.1) is 0 Å². The van der Waals surface area contributed by atoms with Crippen molar-refractivity contribution in [1.82, 2.24) is 14.8 Å². The number of anilines is 4. The second kappa shape index (κ2) is 7.46. The Morgan fingerprint density at radius 1 is 1.14 bits per heavy atom. The van der Waals surface area contributed by atoms with Crippen molar-refractivity contribution in [3.05, 3.63) is 59.0 Å². The van der Waals surface area contributed by atoms with Crippen molar-refractivity contribution in [1.29, 1.82) is 0 Å². The van der Waals surface area contributed by atoms with Crippen molar-refractivity contribution in [2.75, 3.05) is 10.6 Å². The molecule has 10 heteroatoms. The smallest absolute Gasteiger partial charge is 0.366 e. The van der Waals surface area contributed by atoms with Crippen molar-refractivity contribution in [3.8, 4) is 0 Å². The molecule has 0 bridgehead atoms. The van der Waals surface area contributed by atoms with E-state index in [2.05, 4.69) is 20.7 Å². The fourth-order valence-electron chi connectivity index (χ4n) is 2.89. The number of carbonyl (C=O) groups excluding carboxylic acids is 1. The zero-order valence-electron chi connectivity index (χ0n) is 15.9. The molecule has 0 unspecified atom stereocenters. The van der Waals surface area contributed by atoms with Gasteiger partial charge in [0.2, 0.25) is 0 Å². The number of carbonyl (C=O) groups is 1. The standard InChI is InChI=1S/C19H19F3N6O/c1-10-17(11(2)28(3)27-10)26-16-8-15(13(9-24-16)19(20,21)22)25-14-7-5-4-6-12(14)18(23)29/h4-9H,1-3H3,(H2,23,29)(H2,24,25,26).